The Morgan fingerprint density at radius 3 is 2.55 bits per heavy atom. The maximum atomic E-state index is 11.6. The first kappa shape index (κ1) is 22.3. The van der Waals surface area contributed by atoms with Crippen LogP contribution in [0.1, 0.15) is 46.0 Å². The van der Waals surface area contributed by atoms with Gasteiger partial charge in [-0.15, -0.1) is 0 Å². The van der Waals surface area contributed by atoms with E-state index in [1.54, 1.807) is 16.4 Å². The number of hydrogen-bond acceptors (Lipinski definition) is 5. The van der Waals surface area contributed by atoms with E-state index in [2.05, 4.69) is 47.9 Å². The van der Waals surface area contributed by atoms with Gasteiger partial charge in [-0.1, -0.05) is 26.0 Å². The number of carbonyl (C=O) groups is 1. The average molecular weight is 445 g/mol. The molecule has 1 aliphatic carbocycles. The zero-order valence-corrected chi connectivity index (χ0v) is 19.7. The first-order valence-electron chi connectivity index (χ1n) is 11.8. The Labute approximate surface area is 190 Å². The minimum absolute atomic E-state index is 0.215. The summed E-state index contributed by atoms with van der Waals surface area (Å²) >= 11 is 1.60. The highest BCUT2D eigenvalue weighted by Crippen LogP contribution is 2.32. The predicted molar refractivity (Wildman–Crippen MR) is 128 cm³/mol. The molecule has 2 fully saturated rings. The zero-order valence-electron chi connectivity index (χ0n) is 18.9. The molecule has 1 saturated heterocycles. The van der Waals surface area contributed by atoms with E-state index in [4.69, 9.17) is 4.37 Å². The third kappa shape index (κ3) is 5.50. The van der Waals surface area contributed by atoms with Crippen LogP contribution in [0.3, 0.4) is 0 Å². The Kier molecular flexibility index (Phi) is 7.33. The van der Waals surface area contributed by atoms with Crippen molar-refractivity contribution in [1.29, 1.82) is 0 Å². The maximum absolute atomic E-state index is 11.6. The lowest BCUT2D eigenvalue weighted by Gasteiger charge is -2.38. The van der Waals surface area contributed by atoms with Gasteiger partial charge < -0.3 is 14.9 Å². The first-order valence-corrected chi connectivity index (χ1v) is 12.6. The van der Waals surface area contributed by atoms with Crippen LogP contribution in [0.5, 0.6) is 0 Å². The fourth-order valence-electron chi connectivity index (χ4n) is 5.17. The second-order valence-electron chi connectivity index (χ2n) is 9.62. The standard InChI is InChI=1S/C24H36N4O2S/c1-18(2)17-28(24(29)30)20-9-7-19(8-10-20)11-12-26-13-15-27(16-14-26)23-21-5-3-4-6-22(21)31-25-23/h3-6,18-20H,7-17H2,1-2H3,(H,29,30)/t19-,20-. The van der Waals surface area contributed by atoms with Gasteiger partial charge in [0, 0.05) is 44.2 Å². The van der Waals surface area contributed by atoms with Gasteiger partial charge in [-0.25, -0.2) is 4.79 Å². The Morgan fingerprint density at radius 1 is 1.16 bits per heavy atom. The van der Waals surface area contributed by atoms with E-state index in [1.165, 1.54) is 16.5 Å². The Morgan fingerprint density at radius 2 is 1.87 bits per heavy atom. The number of benzene rings is 1. The summed E-state index contributed by atoms with van der Waals surface area (Å²) in [6.07, 6.45) is 4.86. The summed E-state index contributed by atoms with van der Waals surface area (Å²) in [7, 11) is 0. The highest BCUT2D eigenvalue weighted by Gasteiger charge is 2.29. The molecule has 2 aliphatic rings. The molecule has 7 heteroatoms. The third-order valence-corrected chi connectivity index (χ3v) is 7.77. The van der Waals surface area contributed by atoms with Crippen LogP contribution in [0.2, 0.25) is 0 Å². The van der Waals surface area contributed by atoms with Crippen molar-refractivity contribution in [3.05, 3.63) is 24.3 Å². The SMILES string of the molecule is CC(C)CN(C(=O)O)[C@H]1CC[C@H](CCN2CCN(c3nsc4ccccc34)CC2)CC1. The molecule has 0 spiro atoms. The second kappa shape index (κ2) is 10.2. The maximum Gasteiger partial charge on any atom is 0.407 e. The molecule has 0 atom stereocenters. The number of anilines is 1. The number of rotatable bonds is 7. The van der Waals surface area contributed by atoms with Gasteiger partial charge in [-0.2, -0.15) is 4.37 Å². The van der Waals surface area contributed by atoms with E-state index in [0.29, 0.717) is 12.5 Å². The van der Waals surface area contributed by atoms with Crippen LogP contribution < -0.4 is 4.90 Å². The van der Waals surface area contributed by atoms with Gasteiger partial charge in [0.15, 0.2) is 0 Å². The quantitative estimate of drug-likeness (QED) is 0.651. The van der Waals surface area contributed by atoms with Crippen LogP contribution in [0.25, 0.3) is 10.1 Å². The van der Waals surface area contributed by atoms with Gasteiger partial charge in [0.25, 0.3) is 0 Å². The van der Waals surface area contributed by atoms with Crippen molar-refractivity contribution >= 4 is 33.5 Å². The molecule has 6 nitrogen and oxygen atoms in total. The summed E-state index contributed by atoms with van der Waals surface area (Å²) in [5, 5.41) is 10.9. The highest BCUT2D eigenvalue weighted by atomic mass is 32.1. The molecule has 1 amide bonds. The molecular weight excluding hydrogens is 408 g/mol. The molecule has 1 aliphatic heterocycles. The molecule has 1 aromatic carbocycles. The fraction of sp³-hybridized carbons (Fsp3) is 0.667. The lowest BCUT2D eigenvalue weighted by Crippen LogP contribution is -2.47. The van der Waals surface area contributed by atoms with Gasteiger partial charge >= 0.3 is 6.09 Å². The monoisotopic (exact) mass is 444 g/mol. The Hall–Kier alpha value is -1.86. The second-order valence-corrected chi connectivity index (χ2v) is 10.4. The number of piperazine rings is 1. The predicted octanol–water partition coefficient (Wildman–Crippen LogP) is 5.00. The van der Waals surface area contributed by atoms with E-state index < -0.39 is 6.09 Å². The number of amides is 1. The summed E-state index contributed by atoms with van der Waals surface area (Å²) in [6.45, 7) is 10.3. The van der Waals surface area contributed by atoms with Crippen LogP contribution in [0.15, 0.2) is 24.3 Å². The van der Waals surface area contributed by atoms with Gasteiger partial charge in [0.2, 0.25) is 0 Å². The number of nitrogens with zero attached hydrogens (tertiary/aromatic N) is 4. The Bertz CT molecular complexity index is 854. The molecular formula is C24H36N4O2S. The summed E-state index contributed by atoms with van der Waals surface area (Å²) in [4.78, 5) is 18.4. The van der Waals surface area contributed by atoms with Crippen LogP contribution in [-0.4, -0.2) is 70.7 Å². The van der Waals surface area contributed by atoms with E-state index in [0.717, 1.165) is 70.1 Å². The number of carboxylic acid groups (broad SMARTS) is 1. The van der Waals surface area contributed by atoms with Crippen molar-refractivity contribution in [3.8, 4) is 0 Å². The highest BCUT2D eigenvalue weighted by molar-refractivity contribution is 7.13. The molecule has 0 bridgehead atoms. The van der Waals surface area contributed by atoms with E-state index >= 15 is 0 Å². The van der Waals surface area contributed by atoms with E-state index in [1.807, 2.05) is 0 Å². The van der Waals surface area contributed by atoms with Crippen LogP contribution in [-0.2, 0) is 0 Å². The molecule has 170 valence electrons. The normalized spacial score (nSPS) is 22.9. The lowest BCUT2D eigenvalue weighted by atomic mass is 9.83. The van der Waals surface area contributed by atoms with Crippen molar-refractivity contribution in [2.45, 2.75) is 52.0 Å². The number of fused-ring (bicyclic) bond motifs is 1. The molecule has 4 rings (SSSR count). The zero-order chi connectivity index (χ0) is 21.8. The summed E-state index contributed by atoms with van der Waals surface area (Å²) < 4.78 is 5.99. The Balaban J connectivity index is 1.20. The largest absolute Gasteiger partial charge is 0.465 e. The fourth-order valence-corrected chi connectivity index (χ4v) is 5.97. The van der Waals surface area contributed by atoms with E-state index in [9.17, 15) is 9.90 Å². The van der Waals surface area contributed by atoms with Gasteiger partial charge in [0.1, 0.15) is 5.82 Å². The summed E-state index contributed by atoms with van der Waals surface area (Å²) in [5.41, 5.74) is 0. The molecule has 0 radical (unpaired) electrons. The van der Waals surface area contributed by atoms with Crippen LogP contribution in [0.4, 0.5) is 10.6 Å². The van der Waals surface area contributed by atoms with Gasteiger partial charge in [0.05, 0.1) is 4.70 Å². The number of hydrogen-bond donors (Lipinski definition) is 1. The van der Waals surface area contributed by atoms with Crippen molar-refractivity contribution in [2.24, 2.45) is 11.8 Å². The summed E-state index contributed by atoms with van der Waals surface area (Å²) in [6, 6.07) is 8.74. The van der Waals surface area contributed by atoms with Gasteiger partial charge in [-0.05, 0) is 74.1 Å². The first-order chi connectivity index (χ1) is 15.0. The van der Waals surface area contributed by atoms with E-state index in [-0.39, 0.29) is 6.04 Å². The number of aromatic nitrogens is 1. The molecule has 1 N–H and O–H groups in total. The average Bonchev–Trinajstić information content (AvgIpc) is 3.21. The molecule has 31 heavy (non-hydrogen) atoms. The van der Waals surface area contributed by atoms with Crippen molar-refractivity contribution < 1.29 is 9.90 Å². The molecule has 1 saturated carbocycles. The lowest BCUT2D eigenvalue weighted by molar-refractivity contribution is 0.0933. The van der Waals surface area contributed by atoms with Crippen molar-refractivity contribution in [2.75, 3.05) is 44.2 Å². The van der Waals surface area contributed by atoms with Crippen LogP contribution >= 0.6 is 11.5 Å². The molecule has 2 heterocycles. The smallest absolute Gasteiger partial charge is 0.407 e. The molecule has 2 aromatic rings. The molecule has 1 aromatic heterocycles. The van der Waals surface area contributed by atoms with Crippen molar-refractivity contribution in [3.63, 3.8) is 0 Å². The minimum atomic E-state index is -0.747. The van der Waals surface area contributed by atoms with Gasteiger partial charge in [-0.3, -0.25) is 4.90 Å². The third-order valence-electron chi connectivity index (χ3n) is 6.95. The molecule has 0 unspecified atom stereocenters. The minimum Gasteiger partial charge on any atom is -0.465 e. The summed E-state index contributed by atoms with van der Waals surface area (Å²) in [5.74, 6) is 2.28. The topological polar surface area (TPSA) is 59.9 Å². The van der Waals surface area contributed by atoms with Crippen molar-refractivity contribution in [1.82, 2.24) is 14.2 Å². The van der Waals surface area contributed by atoms with Crippen LogP contribution in [0, 0.1) is 11.8 Å².